The molecule has 0 bridgehead atoms. The zero-order valence-electron chi connectivity index (χ0n) is 15.3. The number of amidine groups is 1. The molecule has 0 amide bonds. The van der Waals surface area contributed by atoms with Gasteiger partial charge in [0.05, 0.1) is 18.7 Å². The molecule has 3 aliphatic rings. The molecule has 6 heteroatoms. The van der Waals surface area contributed by atoms with Gasteiger partial charge >= 0.3 is 0 Å². The van der Waals surface area contributed by atoms with Crippen molar-refractivity contribution < 1.29 is 4.74 Å². The minimum Gasteiger partial charge on any atom is -0.386 e. The van der Waals surface area contributed by atoms with Crippen molar-refractivity contribution >= 4 is 17.6 Å². The number of nitrogens with two attached hydrogens (primary N) is 1. The maximum absolute atomic E-state index is 10.3. The third-order valence-corrected chi connectivity index (χ3v) is 7.99. The van der Waals surface area contributed by atoms with E-state index in [1.165, 1.54) is 11.8 Å². The quantitative estimate of drug-likeness (QED) is 0.853. The van der Waals surface area contributed by atoms with Gasteiger partial charge in [-0.25, -0.2) is 4.99 Å². The monoisotopic (exact) mass is 386 g/mol. The highest BCUT2D eigenvalue weighted by molar-refractivity contribution is 8.00. The Kier molecular flexibility index (Phi) is 3.33. The summed E-state index contributed by atoms with van der Waals surface area (Å²) in [4.78, 5) is 4.51. The van der Waals surface area contributed by atoms with Gasteiger partial charge in [-0.2, -0.15) is 10.5 Å². The molecule has 2 fully saturated rings. The number of nitrogens with zero attached hydrogens (tertiary/aromatic N) is 3. The van der Waals surface area contributed by atoms with Crippen molar-refractivity contribution in [1.82, 2.24) is 0 Å². The van der Waals surface area contributed by atoms with E-state index in [-0.39, 0.29) is 5.84 Å². The second-order valence-electron chi connectivity index (χ2n) is 7.57. The number of fused-ring (bicyclic) bond motifs is 2. The first-order chi connectivity index (χ1) is 13.5. The zero-order valence-corrected chi connectivity index (χ0v) is 16.2. The topological polar surface area (TPSA) is 95.2 Å². The Morgan fingerprint density at radius 2 is 1.71 bits per heavy atom. The SMILES string of the molecule is C[C@@]1(c2ccc(-c3ccccc3)cc2)[C@]2(C#N)C(N)=N[C@@]3(OCCS3)[C@@]21C#N. The van der Waals surface area contributed by atoms with Gasteiger partial charge in [0.25, 0.3) is 0 Å². The molecule has 2 heterocycles. The van der Waals surface area contributed by atoms with Gasteiger partial charge in [-0.15, -0.1) is 0 Å². The van der Waals surface area contributed by atoms with Crippen molar-refractivity contribution in [1.29, 1.82) is 10.5 Å². The van der Waals surface area contributed by atoms with Crippen molar-refractivity contribution in [3.63, 3.8) is 0 Å². The summed E-state index contributed by atoms with van der Waals surface area (Å²) in [6.07, 6.45) is 0. The van der Waals surface area contributed by atoms with Crippen LogP contribution in [0.4, 0.5) is 0 Å². The largest absolute Gasteiger partial charge is 0.386 e. The van der Waals surface area contributed by atoms with Crippen LogP contribution in [0.2, 0.25) is 0 Å². The standard InChI is InChI=1S/C22H18N4OS/c1-19(17-9-7-16(8-10-17)15-5-3-2-4-6-15)20(13-23)18(25)26-22(21(19,20)14-24)27-11-12-28-22/h2-10H,11-12H2,1H3,(H2,25,26)/t19-,20+,21-,22-/m1/s1. The predicted octanol–water partition coefficient (Wildman–Crippen LogP) is 3.43. The van der Waals surface area contributed by atoms with Crippen LogP contribution in [-0.4, -0.2) is 23.3 Å². The molecule has 5 nitrogen and oxygen atoms in total. The van der Waals surface area contributed by atoms with Crippen LogP contribution in [0.15, 0.2) is 59.6 Å². The van der Waals surface area contributed by atoms with Crippen molar-refractivity contribution in [2.45, 2.75) is 17.4 Å². The van der Waals surface area contributed by atoms with Gasteiger partial charge in [0.1, 0.15) is 5.84 Å². The molecule has 2 aromatic carbocycles. The van der Waals surface area contributed by atoms with Gasteiger partial charge in [-0.05, 0) is 16.7 Å². The molecule has 0 aromatic heterocycles. The van der Waals surface area contributed by atoms with Gasteiger partial charge in [0.2, 0.25) is 5.06 Å². The number of ether oxygens (including phenoxy) is 1. The first-order valence-corrected chi connectivity index (χ1v) is 10.1. The summed E-state index contributed by atoms with van der Waals surface area (Å²) in [5.74, 6) is 0.936. The average molecular weight is 386 g/mol. The fourth-order valence-electron chi connectivity index (χ4n) is 5.31. The second-order valence-corrected chi connectivity index (χ2v) is 8.82. The van der Waals surface area contributed by atoms with Gasteiger partial charge in [-0.3, -0.25) is 0 Å². The van der Waals surface area contributed by atoms with Gasteiger partial charge < -0.3 is 10.5 Å². The van der Waals surface area contributed by atoms with E-state index >= 15 is 0 Å². The minimum absolute atomic E-state index is 0.209. The van der Waals surface area contributed by atoms with E-state index in [1.54, 1.807) is 0 Å². The molecule has 0 radical (unpaired) electrons. The first-order valence-electron chi connectivity index (χ1n) is 9.15. The molecule has 2 N–H and O–H groups in total. The average Bonchev–Trinajstić information content (AvgIpc) is 3.00. The molecule has 1 saturated heterocycles. The Bertz CT molecular complexity index is 1080. The summed E-state index contributed by atoms with van der Waals surface area (Å²) in [6, 6.07) is 23.0. The predicted molar refractivity (Wildman–Crippen MR) is 108 cm³/mol. The van der Waals surface area contributed by atoms with E-state index in [4.69, 9.17) is 10.5 Å². The van der Waals surface area contributed by atoms with Crippen LogP contribution >= 0.6 is 11.8 Å². The summed E-state index contributed by atoms with van der Waals surface area (Å²) in [5, 5.41) is 19.4. The van der Waals surface area contributed by atoms with Crippen LogP contribution in [-0.2, 0) is 10.2 Å². The lowest BCUT2D eigenvalue weighted by Crippen LogP contribution is -2.38. The maximum atomic E-state index is 10.3. The molecule has 4 atom stereocenters. The second kappa shape index (κ2) is 5.38. The smallest absolute Gasteiger partial charge is 0.231 e. The number of benzene rings is 2. The number of aliphatic imine (C=N–C) groups is 1. The van der Waals surface area contributed by atoms with Crippen LogP contribution in [0.3, 0.4) is 0 Å². The molecule has 2 aromatic rings. The molecular formula is C22H18N4OS. The third kappa shape index (κ3) is 1.58. The molecule has 1 saturated carbocycles. The van der Waals surface area contributed by atoms with E-state index in [9.17, 15) is 10.5 Å². The van der Waals surface area contributed by atoms with Gasteiger partial charge in [-0.1, -0.05) is 73.3 Å². The number of hydrogen-bond donors (Lipinski definition) is 1. The highest BCUT2D eigenvalue weighted by Gasteiger charge is 2.99. The molecule has 1 spiro atoms. The van der Waals surface area contributed by atoms with Crippen LogP contribution in [0.25, 0.3) is 11.1 Å². The Balaban J connectivity index is 1.65. The van der Waals surface area contributed by atoms with Crippen molar-refractivity contribution in [2.24, 2.45) is 21.6 Å². The number of thioether (sulfide) groups is 1. The number of rotatable bonds is 2. The highest BCUT2D eigenvalue weighted by Crippen LogP contribution is 2.87. The lowest BCUT2D eigenvalue weighted by Gasteiger charge is -2.30. The Morgan fingerprint density at radius 3 is 2.29 bits per heavy atom. The summed E-state index contributed by atoms with van der Waals surface area (Å²) < 4.78 is 5.98. The van der Waals surface area contributed by atoms with Crippen LogP contribution in [0, 0.1) is 33.5 Å². The zero-order chi connectivity index (χ0) is 19.6. The van der Waals surface area contributed by atoms with Crippen LogP contribution in [0.5, 0.6) is 0 Å². The van der Waals surface area contributed by atoms with Gasteiger partial charge in [0.15, 0.2) is 10.8 Å². The van der Waals surface area contributed by atoms with Crippen LogP contribution < -0.4 is 5.73 Å². The molecule has 2 aliphatic heterocycles. The summed E-state index contributed by atoms with van der Waals surface area (Å²) >= 11 is 1.48. The van der Waals surface area contributed by atoms with Gasteiger partial charge in [0, 0.05) is 11.2 Å². The summed E-state index contributed by atoms with van der Waals surface area (Å²) in [5.41, 5.74) is 6.30. The normalized spacial score (nSPS) is 37.8. The highest BCUT2D eigenvalue weighted by atomic mass is 32.2. The summed E-state index contributed by atoms with van der Waals surface area (Å²) in [6.45, 7) is 2.44. The van der Waals surface area contributed by atoms with Crippen LogP contribution in [0.1, 0.15) is 12.5 Å². The molecule has 5 rings (SSSR count). The first kappa shape index (κ1) is 17.3. The van der Waals surface area contributed by atoms with E-state index < -0.39 is 21.3 Å². The Hall–Kier alpha value is -2.80. The number of nitriles is 2. The Labute approximate surface area is 167 Å². The molecule has 138 valence electrons. The fourth-order valence-corrected chi connectivity index (χ4v) is 6.70. The van der Waals surface area contributed by atoms with Crippen molar-refractivity contribution in [3.8, 4) is 23.3 Å². The minimum atomic E-state index is -1.18. The lowest BCUT2D eigenvalue weighted by molar-refractivity contribution is 0.0151. The van der Waals surface area contributed by atoms with E-state index in [0.29, 0.717) is 6.61 Å². The lowest BCUT2D eigenvalue weighted by atomic mass is 9.84. The summed E-state index contributed by atoms with van der Waals surface area (Å²) in [7, 11) is 0. The van der Waals surface area contributed by atoms with E-state index in [0.717, 1.165) is 22.4 Å². The molecular weight excluding hydrogens is 368 g/mol. The van der Waals surface area contributed by atoms with E-state index in [2.05, 4.69) is 29.3 Å². The number of hydrogen-bond acceptors (Lipinski definition) is 6. The molecule has 1 aliphatic carbocycles. The van der Waals surface area contributed by atoms with Crippen molar-refractivity contribution in [2.75, 3.05) is 12.4 Å². The maximum Gasteiger partial charge on any atom is 0.231 e. The fraction of sp³-hybridized carbons (Fsp3) is 0.318. The molecule has 0 unspecified atom stereocenters. The third-order valence-electron chi connectivity index (χ3n) is 6.71. The Morgan fingerprint density at radius 1 is 1.04 bits per heavy atom. The molecule has 28 heavy (non-hydrogen) atoms. The van der Waals surface area contributed by atoms with Crippen molar-refractivity contribution in [3.05, 3.63) is 60.2 Å². The van der Waals surface area contributed by atoms with E-state index in [1.807, 2.05) is 49.4 Å².